The van der Waals surface area contributed by atoms with E-state index in [1.165, 1.54) is 5.56 Å². The van der Waals surface area contributed by atoms with Crippen LogP contribution in [0.5, 0.6) is 0 Å². The fourth-order valence-corrected chi connectivity index (χ4v) is 3.16. The summed E-state index contributed by atoms with van der Waals surface area (Å²) in [4.78, 5) is 9.49. The predicted octanol–water partition coefficient (Wildman–Crippen LogP) is 5.60. The van der Waals surface area contributed by atoms with Crippen LogP contribution in [0.4, 0.5) is 5.82 Å². The van der Waals surface area contributed by atoms with Crippen molar-refractivity contribution in [2.45, 2.75) is 6.42 Å². The molecule has 0 aliphatic carbocycles. The summed E-state index contributed by atoms with van der Waals surface area (Å²) >= 11 is 6.07. The second kappa shape index (κ2) is 7.54. The molecule has 0 aliphatic rings. The molecule has 0 spiro atoms. The molecule has 0 fully saturated rings. The zero-order chi connectivity index (χ0) is 17.8. The molecule has 1 aromatic heterocycles. The van der Waals surface area contributed by atoms with Crippen LogP contribution in [0, 0.1) is 0 Å². The molecular weight excluding hydrogens is 342 g/mol. The number of nitrogens with one attached hydrogen (secondary N) is 1. The smallest absolute Gasteiger partial charge is 0.162 e. The SMILES string of the molecule is Clc1cccc(CCNc2nc(-c3ccccc3)nc3ccccc23)c1. The molecule has 4 rings (SSSR count). The Morgan fingerprint density at radius 2 is 1.62 bits per heavy atom. The average Bonchev–Trinajstić information content (AvgIpc) is 2.68. The molecular formula is C22H18ClN3. The minimum atomic E-state index is 0.731. The van der Waals surface area contributed by atoms with Crippen LogP contribution in [0.3, 0.4) is 0 Å². The standard InChI is InChI=1S/C22H18ClN3/c23-18-10-6-7-16(15-18)13-14-24-22-19-11-4-5-12-20(19)25-21(26-22)17-8-2-1-3-9-17/h1-12,15H,13-14H2,(H,24,25,26). The number of para-hydroxylation sites is 1. The van der Waals surface area contributed by atoms with Crippen LogP contribution in [0.1, 0.15) is 5.56 Å². The number of nitrogens with zero attached hydrogens (tertiary/aromatic N) is 2. The summed E-state index contributed by atoms with van der Waals surface area (Å²) in [5.41, 5.74) is 3.15. The molecule has 3 nitrogen and oxygen atoms in total. The molecule has 3 aromatic carbocycles. The first-order chi connectivity index (χ1) is 12.8. The molecule has 0 saturated carbocycles. The molecule has 1 N–H and O–H groups in total. The largest absolute Gasteiger partial charge is 0.369 e. The van der Waals surface area contributed by atoms with Crippen molar-refractivity contribution < 1.29 is 0 Å². The normalized spacial score (nSPS) is 10.8. The minimum Gasteiger partial charge on any atom is -0.369 e. The first-order valence-corrected chi connectivity index (χ1v) is 8.98. The van der Waals surface area contributed by atoms with Crippen molar-refractivity contribution in [1.29, 1.82) is 0 Å². The maximum Gasteiger partial charge on any atom is 0.162 e. The minimum absolute atomic E-state index is 0.731. The second-order valence-electron chi connectivity index (χ2n) is 6.09. The lowest BCUT2D eigenvalue weighted by Crippen LogP contribution is -2.08. The van der Waals surface area contributed by atoms with E-state index in [0.717, 1.165) is 46.1 Å². The van der Waals surface area contributed by atoms with E-state index in [0.29, 0.717) is 0 Å². The highest BCUT2D eigenvalue weighted by molar-refractivity contribution is 6.30. The maximum atomic E-state index is 6.07. The van der Waals surface area contributed by atoms with Gasteiger partial charge in [-0.3, -0.25) is 0 Å². The molecule has 4 heteroatoms. The van der Waals surface area contributed by atoms with E-state index >= 15 is 0 Å². The highest BCUT2D eigenvalue weighted by atomic mass is 35.5. The Hall–Kier alpha value is -2.91. The van der Waals surface area contributed by atoms with Gasteiger partial charge in [0.1, 0.15) is 5.82 Å². The molecule has 0 bridgehead atoms. The quantitative estimate of drug-likeness (QED) is 0.503. The number of hydrogen-bond donors (Lipinski definition) is 1. The van der Waals surface area contributed by atoms with Crippen molar-refractivity contribution in [2.24, 2.45) is 0 Å². The number of fused-ring (bicyclic) bond motifs is 1. The Bertz CT molecular complexity index is 1030. The lowest BCUT2D eigenvalue weighted by molar-refractivity contribution is 1.01. The zero-order valence-corrected chi connectivity index (χ0v) is 14.9. The zero-order valence-electron chi connectivity index (χ0n) is 14.2. The molecule has 4 aromatic rings. The van der Waals surface area contributed by atoms with Crippen LogP contribution < -0.4 is 5.32 Å². The van der Waals surface area contributed by atoms with E-state index in [4.69, 9.17) is 21.6 Å². The van der Waals surface area contributed by atoms with E-state index in [1.54, 1.807) is 0 Å². The second-order valence-corrected chi connectivity index (χ2v) is 6.52. The highest BCUT2D eigenvalue weighted by Gasteiger charge is 2.08. The van der Waals surface area contributed by atoms with Crippen molar-refractivity contribution in [2.75, 3.05) is 11.9 Å². The van der Waals surface area contributed by atoms with E-state index in [2.05, 4.69) is 11.4 Å². The summed E-state index contributed by atoms with van der Waals surface area (Å²) in [7, 11) is 0. The van der Waals surface area contributed by atoms with E-state index < -0.39 is 0 Å². The molecule has 0 saturated heterocycles. The summed E-state index contributed by atoms with van der Waals surface area (Å²) < 4.78 is 0. The average molecular weight is 360 g/mol. The van der Waals surface area contributed by atoms with Gasteiger partial charge in [-0.05, 0) is 36.2 Å². The monoisotopic (exact) mass is 359 g/mol. The number of rotatable bonds is 5. The van der Waals surface area contributed by atoms with Crippen LogP contribution in [0.2, 0.25) is 5.02 Å². The molecule has 0 aliphatic heterocycles. The van der Waals surface area contributed by atoms with Crippen LogP contribution in [-0.2, 0) is 6.42 Å². The van der Waals surface area contributed by atoms with Crippen molar-refractivity contribution in [3.8, 4) is 11.4 Å². The molecule has 128 valence electrons. The summed E-state index contributed by atoms with van der Waals surface area (Å²) in [6.45, 7) is 0.773. The molecule has 0 radical (unpaired) electrons. The molecule has 26 heavy (non-hydrogen) atoms. The van der Waals surface area contributed by atoms with Crippen LogP contribution in [0.25, 0.3) is 22.3 Å². The summed E-state index contributed by atoms with van der Waals surface area (Å²) in [5, 5.41) is 5.26. The Kier molecular flexibility index (Phi) is 4.80. The summed E-state index contributed by atoms with van der Waals surface area (Å²) in [6, 6.07) is 26.1. The Labute approximate surface area is 157 Å². The number of halogens is 1. The molecule has 0 atom stereocenters. The van der Waals surface area contributed by atoms with Crippen molar-refractivity contribution in [3.05, 3.63) is 89.4 Å². The maximum absolute atomic E-state index is 6.07. The van der Waals surface area contributed by atoms with Crippen LogP contribution in [0.15, 0.2) is 78.9 Å². The summed E-state index contributed by atoms with van der Waals surface area (Å²) in [5.74, 6) is 1.59. The highest BCUT2D eigenvalue weighted by Crippen LogP contribution is 2.24. The number of hydrogen-bond acceptors (Lipinski definition) is 3. The lowest BCUT2D eigenvalue weighted by atomic mass is 10.1. The fraction of sp³-hybridized carbons (Fsp3) is 0.0909. The van der Waals surface area contributed by atoms with Gasteiger partial charge in [-0.1, -0.05) is 66.2 Å². The topological polar surface area (TPSA) is 37.8 Å². The van der Waals surface area contributed by atoms with Gasteiger partial charge >= 0.3 is 0 Å². The van der Waals surface area contributed by atoms with Crippen LogP contribution in [-0.4, -0.2) is 16.5 Å². The van der Waals surface area contributed by atoms with E-state index in [1.807, 2.05) is 72.8 Å². The predicted molar refractivity (Wildman–Crippen MR) is 109 cm³/mol. The number of aromatic nitrogens is 2. The third kappa shape index (κ3) is 3.68. The fourth-order valence-electron chi connectivity index (χ4n) is 2.95. The number of anilines is 1. The van der Waals surface area contributed by atoms with Gasteiger partial charge in [-0.2, -0.15) is 0 Å². The van der Waals surface area contributed by atoms with E-state index in [9.17, 15) is 0 Å². The van der Waals surface area contributed by atoms with E-state index in [-0.39, 0.29) is 0 Å². The van der Waals surface area contributed by atoms with Gasteiger partial charge in [0, 0.05) is 22.5 Å². The Morgan fingerprint density at radius 1 is 0.808 bits per heavy atom. The molecule has 0 unspecified atom stereocenters. The van der Waals surface area contributed by atoms with Crippen molar-refractivity contribution in [1.82, 2.24) is 9.97 Å². The van der Waals surface area contributed by atoms with Crippen LogP contribution >= 0.6 is 11.6 Å². The summed E-state index contributed by atoms with van der Waals surface area (Å²) in [6.07, 6.45) is 0.875. The Balaban J connectivity index is 1.62. The molecule has 1 heterocycles. The van der Waals surface area contributed by atoms with Gasteiger partial charge in [0.2, 0.25) is 0 Å². The van der Waals surface area contributed by atoms with Gasteiger partial charge in [0.15, 0.2) is 5.82 Å². The third-order valence-corrected chi connectivity index (χ3v) is 4.47. The lowest BCUT2D eigenvalue weighted by Gasteiger charge is -2.11. The van der Waals surface area contributed by atoms with Gasteiger partial charge in [0.25, 0.3) is 0 Å². The van der Waals surface area contributed by atoms with Gasteiger partial charge in [-0.15, -0.1) is 0 Å². The Morgan fingerprint density at radius 3 is 2.46 bits per heavy atom. The van der Waals surface area contributed by atoms with Crippen molar-refractivity contribution >= 4 is 28.3 Å². The van der Waals surface area contributed by atoms with Crippen molar-refractivity contribution in [3.63, 3.8) is 0 Å². The third-order valence-electron chi connectivity index (χ3n) is 4.23. The number of benzene rings is 3. The first-order valence-electron chi connectivity index (χ1n) is 8.60. The van der Waals surface area contributed by atoms with Gasteiger partial charge < -0.3 is 5.32 Å². The first kappa shape index (κ1) is 16.6. The van der Waals surface area contributed by atoms with Gasteiger partial charge in [-0.25, -0.2) is 9.97 Å². The molecule has 0 amide bonds. The van der Waals surface area contributed by atoms with Gasteiger partial charge in [0.05, 0.1) is 5.52 Å².